The fourth-order valence-corrected chi connectivity index (χ4v) is 1.85. The van der Waals surface area contributed by atoms with Gasteiger partial charge < -0.3 is 5.73 Å². The zero-order valence-electron chi connectivity index (χ0n) is 8.93. The van der Waals surface area contributed by atoms with Crippen LogP contribution in [0.25, 0.3) is 5.70 Å². The number of halogens is 2. The van der Waals surface area contributed by atoms with E-state index in [9.17, 15) is 4.39 Å². The van der Waals surface area contributed by atoms with Crippen LogP contribution in [0.4, 0.5) is 4.39 Å². The van der Waals surface area contributed by atoms with Crippen molar-refractivity contribution in [3.63, 3.8) is 0 Å². The summed E-state index contributed by atoms with van der Waals surface area (Å²) in [6, 6.07) is 6.43. The Morgan fingerprint density at radius 3 is 2.69 bits per heavy atom. The minimum Gasteiger partial charge on any atom is -0.397 e. The molecule has 2 nitrogen and oxygen atoms in total. The van der Waals surface area contributed by atoms with E-state index in [4.69, 9.17) is 11.0 Å². The third-order valence-corrected chi connectivity index (χ3v) is 2.59. The van der Waals surface area contributed by atoms with E-state index in [2.05, 4.69) is 22.0 Å². The zero-order chi connectivity index (χ0) is 12.1. The van der Waals surface area contributed by atoms with Crippen molar-refractivity contribution in [2.45, 2.75) is 19.8 Å². The third kappa shape index (κ3) is 3.07. The van der Waals surface area contributed by atoms with Gasteiger partial charge in [0.1, 0.15) is 5.82 Å². The number of hydrogen-bond donors (Lipinski definition) is 1. The second-order valence-corrected chi connectivity index (χ2v) is 4.33. The molecule has 0 saturated carbocycles. The molecule has 1 rings (SSSR count). The number of nitrogens with two attached hydrogens (primary N) is 1. The molecule has 1 aromatic rings. The van der Waals surface area contributed by atoms with Gasteiger partial charge in [0.2, 0.25) is 0 Å². The molecule has 0 heterocycles. The van der Waals surface area contributed by atoms with Crippen molar-refractivity contribution in [3.8, 4) is 6.07 Å². The highest BCUT2D eigenvalue weighted by Crippen LogP contribution is 2.22. The Bertz CT molecular complexity index is 440. The maximum Gasteiger partial charge on any atom is 0.125 e. The maximum atomic E-state index is 13.2. The SMILES string of the molecule is CCC/C(C#N)=C(/N)c1cc(F)cc(Br)c1. The van der Waals surface area contributed by atoms with Crippen molar-refractivity contribution < 1.29 is 4.39 Å². The first-order valence-corrected chi connectivity index (χ1v) is 5.73. The summed E-state index contributed by atoms with van der Waals surface area (Å²) in [5, 5.41) is 8.93. The molecule has 0 fully saturated rings. The lowest BCUT2D eigenvalue weighted by atomic mass is 10.0. The summed E-state index contributed by atoms with van der Waals surface area (Å²) in [6.07, 6.45) is 1.44. The third-order valence-electron chi connectivity index (χ3n) is 2.13. The van der Waals surface area contributed by atoms with Crippen LogP contribution in [0.2, 0.25) is 0 Å². The standard InChI is InChI=1S/C12H12BrFN2/c1-2-3-8(7-15)12(16)9-4-10(13)6-11(14)5-9/h4-6H,2-3,16H2,1H3/b12-8-. The van der Waals surface area contributed by atoms with Crippen molar-refractivity contribution in [2.24, 2.45) is 5.73 Å². The van der Waals surface area contributed by atoms with Gasteiger partial charge in [-0.15, -0.1) is 0 Å². The van der Waals surface area contributed by atoms with Crippen molar-refractivity contribution >= 4 is 21.6 Å². The van der Waals surface area contributed by atoms with E-state index in [-0.39, 0.29) is 5.82 Å². The Hall–Kier alpha value is -1.34. The summed E-state index contributed by atoms with van der Waals surface area (Å²) in [5.74, 6) is -0.374. The first kappa shape index (κ1) is 12.7. The predicted molar refractivity (Wildman–Crippen MR) is 65.7 cm³/mol. The second-order valence-electron chi connectivity index (χ2n) is 3.41. The summed E-state index contributed by atoms with van der Waals surface area (Å²) < 4.78 is 13.8. The van der Waals surface area contributed by atoms with Crippen LogP contribution in [0.15, 0.2) is 28.2 Å². The van der Waals surface area contributed by atoms with Gasteiger partial charge in [-0.05, 0) is 24.6 Å². The van der Waals surface area contributed by atoms with Crippen molar-refractivity contribution in [3.05, 3.63) is 39.6 Å². The monoisotopic (exact) mass is 282 g/mol. The number of hydrogen-bond acceptors (Lipinski definition) is 2. The van der Waals surface area contributed by atoms with Gasteiger partial charge in [-0.3, -0.25) is 0 Å². The van der Waals surface area contributed by atoms with Crippen molar-refractivity contribution in [1.82, 2.24) is 0 Å². The molecule has 0 radical (unpaired) electrons. The second kappa shape index (κ2) is 5.66. The zero-order valence-corrected chi connectivity index (χ0v) is 10.5. The smallest absolute Gasteiger partial charge is 0.125 e. The van der Waals surface area contributed by atoms with E-state index < -0.39 is 0 Å². The van der Waals surface area contributed by atoms with Gasteiger partial charge in [-0.25, -0.2) is 4.39 Å². The Morgan fingerprint density at radius 2 is 2.19 bits per heavy atom. The van der Waals surface area contributed by atoms with Crippen LogP contribution >= 0.6 is 15.9 Å². The highest BCUT2D eigenvalue weighted by atomic mass is 79.9. The largest absolute Gasteiger partial charge is 0.397 e. The molecular formula is C12H12BrFN2. The fourth-order valence-electron chi connectivity index (χ4n) is 1.38. The maximum absolute atomic E-state index is 13.2. The first-order valence-electron chi connectivity index (χ1n) is 4.93. The molecule has 0 bridgehead atoms. The number of benzene rings is 1. The van der Waals surface area contributed by atoms with Crippen LogP contribution in [-0.4, -0.2) is 0 Å². The molecule has 0 amide bonds. The minimum absolute atomic E-state index is 0.351. The molecule has 1 aromatic carbocycles. The Labute approximate surface area is 103 Å². The van der Waals surface area contributed by atoms with E-state index in [0.29, 0.717) is 27.7 Å². The van der Waals surface area contributed by atoms with Crippen molar-refractivity contribution in [2.75, 3.05) is 0 Å². The number of allylic oxidation sites excluding steroid dienone is 1. The van der Waals surface area contributed by atoms with E-state index in [1.54, 1.807) is 6.07 Å². The van der Waals surface area contributed by atoms with Crippen LogP contribution in [0, 0.1) is 17.1 Å². The van der Waals surface area contributed by atoms with Crippen LogP contribution in [0.3, 0.4) is 0 Å². The molecule has 0 aliphatic heterocycles. The van der Waals surface area contributed by atoms with Gasteiger partial charge in [0.25, 0.3) is 0 Å². The molecule has 0 saturated heterocycles. The van der Waals surface area contributed by atoms with Crippen LogP contribution in [0.1, 0.15) is 25.3 Å². The molecule has 0 aliphatic rings. The molecule has 0 spiro atoms. The normalized spacial score (nSPS) is 11.9. The van der Waals surface area contributed by atoms with Gasteiger partial charge in [0.05, 0.1) is 17.3 Å². The lowest BCUT2D eigenvalue weighted by Crippen LogP contribution is -2.01. The molecule has 2 N–H and O–H groups in total. The minimum atomic E-state index is -0.374. The Balaban J connectivity index is 3.22. The number of nitriles is 1. The van der Waals surface area contributed by atoms with Crippen LogP contribution < -0.4 is 5.73 Å². The van der Waals surface area contributed by atoms with Gasteiger partial charge in [-0.1, -0.05) is 29.3 Å². The average Bonchev–Trinajstić information content (AvgIpc) is 2.23. The van der Waals surface area contributed by atoms with E-state index in [1.165, 1.54) is 12.1 Å². The number of rotatable bonds is 3. The summed E-state index contributed by atoms with van der Waals surface area (Å²) in [6.45, 7) is 1.96. The lowest BCUT2D eigenvalue weighted by molar-refractivity contribution is 0.626. The molecule has 16 heavy (non-hydrogen) atoms. The van der Waals surface area contributed by atoms with Gasteiger partial charge >= 0.3 is 0 Å². The van der Waals surface area contributed by atoms with Gasteiger partial charge in [0.15, 0.2) is 0 Å². The number of nitrogens with zero attached hydrogens (tertiary/aromatic N) is 1. The molecule has 0 atom stereocenters. The van der Waals surface area contributed by atoms with Gasteiger partial charge in [-0.2, -0.15) is 5.26 Å². The molecule has 4 heteroatoms. The highest BCUT2D eigenvalue weighted by Gasteiger charge is 2.07. The lowest BCUT2D eigenvalue weighted by Gasteiger charge is -2.06. The van der Waals surface area contributed by atoms with E-state index in [0.717, 1.165) is 6.42 Å². The molecular weight excluding hydrogens is 271 g/mol. The molecule has 0 unspecified atom stereocenters. The summed E-state index contributed by atoms with van der Waals surface area (Å²) >= 11 is 3.19. The Morgan fingerprint density at radius 1 is 1.50 bits per heavy atom. The van der Waals surface area contributed by atoms with Gasteiger partial charge in [0, 0.05) is 10.0 Å². The topological polar surface area (TPSA) is 49.8 Å². The summed E-state index contributed by atoms with van der Waals surface area (Å²) in [5.41, 5.74) is 7.23. The molecule has 84 valence electrons. The van der Waals surface area contributed by atoms with E-state index in [1.807, 2.05) is 6.92 Å². The highest BCUT2D eigenvalue weighted by molar-refractivity contribution is 9.10. The first-order chi connectivity index (χ1) is 7.58. The summed E-state index contributed by atoms with van der Waals surface area (Å²) in [7, 11) is 0. The van der Waals surface area contributed by atoms with Crippen LogP contribution in [-0.2, 0) is 0 Å². The fraction of sp³-hybridized carbons (Fsp3) is 0.250. The average molecular weight is 283 g/mol. The van der Waals surface area contributed by atoms with E-state index >= 15 is 0 Å². The summed E-state index contributed by atoms with van der Waals surface area (Å²) in [4.78, 5) is 0. The Kier molecular flexibility index (Phi) is 4.51. The molecule has 0 aromatic heterocycles. The predicted octanol–water partition coefficient (Wildman–Crippen LogP) is 3.58. The molecule has 0 aliphatic carbocycles. The van der Waals surface area contributed by atoms with Crippen LogP contribution in [0.5, 0.6) is 0 Å². The van der Waals surface area contributed by atoms with Crippen molar-refractivity contribution in [1.29, 1.82) is 5.26 Å². The quantitative estimate of drug-likeness (QED) is 0.862.